The number of aromatic nitrogens is 3. The highest BCUT2D eigenvalue weighted by Crippen LogP contribution is 2.29. The maximum Gasteiger partial charge on any atom is 0.122 e. The van der Waals surface area contributed by atoms with Crippen molar-refractivity contribution in [3.63, 3.8) is 0 Å². The smallest absolute Gasteiger partial charge is 0.122 e. The van der Waals surface area contributed by atoms with E-state index in [2.05, 4.69) is 36.4 Å². The van der Waals surface area contributed by atoms with E-state index in [1.165, 1.54) is 5.52 Å². The fourth-order valence-electron chi connectivity index (χ4n) is 3.76. The monoisotopic (exact) mass is 388 g/mol. The van der Waals surface area contributed by atoms with E-state index >= 15 is 0 Å². The SMILES string of the molecule is CCCc1nc2cnc3cc(OCc4cccc(N)c4)ccc3c2n1CC(C)C. The van der Waals surface area contributed by atoms with Gasteiger partial charge in [-0.3, -0.25) is 4.98 Å². The van der Waals surface area contributed by atoms with Crippen molar-refractivity contribution in [1.82, 2.24) is 14.5 Å². The van der Waals surface area contributed by atoms with Crippen molar-refractivity contribution >= 4 is 27.6 Å². The van der Waals surface area contributed by atoms with Crippen LogP contribution in [0.2, 0.25) is 0 Å². The third kappa shape index (κ3) is 4.04. The third-order valence-electron chi connectivity index (χ3n) is 5.00. The maximum absolute atomic E-state index is 5.99. The van der Waals surface area contributed by atoms with Crippen LogP contribution in [0.5, 0.6) is 5.75 Å². The number of ether oxygens (including phenoxy) is 1. The number of aryl methyl sites for hydroxylation is 1. The van der Waals surface area contributed by atoms with E-state index in [0.29, 0.717) is 12.5 Å². The number of rotatable bonds is 7. The van der Waals surface area contributed by atoms with Crippen molar-refractivity contribution < 1.29 is 4.74 Å². The number of hydrogen-bond donors (Lipinski definition) is 1. The average Bonchev–Trinajstić information content (AvgIpc) is 3.03. The summed E-state index contributed by atoms with van der Waals surface area (Å²) >= 11 is 0. The van der Waals surface area contributed by atoms with Crippen LogP contribution < -0.4 is 10.5 Å². The van der Waals surface area contributed by atoms with Crippen LogP contribution in [0.25, 0.3) is 21.9 Å². The average molecular weight is 389 g/mol. The van der Waals surface area contributed by atoms with Crippen LogP contribution in [0.15, 0.2) is 48.7 Å². The first-order valence-electron chi connectivity index (χ1n) is 10.3. The Morgan fingerprint density at radius 3 is 2.72 bits per heavy atom. The van der Waals surface area contributed by atoms with E-state index in [0.717, 1.165) is 58.6 Å². The minimum Gasteiger partial charge on any atom is -0.489 e. The normalized spacial score (nSPS) is 11.6. The van der Waals surface area contributed by atoms with Crippen LogP contribution in [0.4, 0.5) is 5.69 Å². The standard InChI is InChI=1S/C24H28N4O/c1-4-6-23-27-22-13-26-21-12-19(29-15-17-7-5-8-18(25)11-17)9-10-20(21)24(22)28(23)14-16(2)3/h5,7-13,16H,4,6,14-15,25H2,1-3H3. The van der Waals surface area contributed by atoms with Crippen molar-refractivity contribution in [2.45, 2.75) is 46.8 Å². The molecule has 0 amide bonds. The van der Waals surface area contributed by atoms with Crippen LogP contribution in [0, 0.1) is 5.92 Å². The van der Waals surface area contributed by atoms with Gasteiger partial charge < -0.3 is 15.0 Å². The number of nitrogens with two attached hydrogens (primary N) is 1. The van der Waals surface area contributed by atoms with Crippen LogP contribution in [0.3, 0.4) is 0 Å². The van der Waals surface area contributed by atoms with Crippen molar-refractivity contribution in [3.8, 4) is 5.75 Å². The number of nitrogen functional groups attached to an aromatic ring is 1. The zero-order valence-corrected chi connectivity index (χ0v) is 17.4. The van der Waals surface area contributed by atoms with Crippen molar-refractivity contribution in [1.29, 1.82) is 0 Å². The van der Waals surface area contributed by atoms with Crippen molar-refractivity contribution in [3.05, 3.63) is 60.0 Å². The predicted molar refractivity (Wildman–Crippen MR) is 119 cm³/mol. The fraction of sp³-hybridized carbons (Fsp3) is 0.333. The van der Waals surface area contributed by atoms with Crippen molar-refractivity contribution in [2.75, 3.05) is 5.73 Å². The zero-order chi connectivity index (χ0) is 20.4. The summed E-state index contributed by atoms with van der Waals surface area (Å²) in [6.45, 7) is 8.11. The number of benzene rings is 2. The largest absolute Gasteiger partial charge is 0.489 e. The highest BCUT2D eigenvalue weighted by Gasteiger charge is 2.15. The molecule has 150 valence electrons. The highest BCUT2D eigenvalue weighted by atomic mass is 16.5. The minimum atomic E-state index is 0.477. The number of nitrogens with zero attached hydrogens (tertiary/aromatic N) is 3. The van der Waals surface area contributed by atoms with Gasteiger partial charge in [-0.2, -0.15) is 0 Å². The molecule has 4 aromatic rings. The number of imidazole rings is 1. The Kier molecular flexibility index (Phi) is 5.38. The molecule has 0 radical (unpaired) electrons. The van der Waals surface area contributed by atoms with Gasteiger partial charge in [0.25, 0.3) is 0 Å². The van der Waals surface area contributed by atoms with Gasteiger partial charge >= 0.3 is 0 Å². The molecule has 0 saturated carbocycles. The number of anilines is 1. The molecule has 0 spiro atoms. The number of hydrogen-bond acceptors (Lipinski definition) is 4. The summed E-state index contributed by atoms with van der Waals surface area (Å²) in [5.74, 6) is 2.50. The molecule has 0 fully saturated rings. The fourth-order valence-corrected chi connectivity index (χ4v) is 3.76. The van der Waals surface area contributed by atoms with Crippen LogP contribution in [-0.4, -0.2) is 14.5 Å². The van der Waals surface area contributed by atoms with Gasteiger partial charge in [0.1, 0.15) is 23.7 Å². The molecule has 0 aliphatic carbocycles. The zero-order valence-electron chi connectivity index (χ0n) is 17.4. The van der Waals surface area contributed by atoms with Gasteiger partial charge in [-0.1, -0.05) is 32.9 Å². The molecule has 0 bridgehead atoms. The Morgan fingerprint density at radius 1 is 1.10 bits per heavy atom. The topological polar surface area (TPSA) is 66.0 Å². The summed E-state index contributed by atoms with van der Waals surface area (Å²) in [5, 5.41) is 1.12. The molecular formula is C24H28N4O. The van der Waals surface area contributed by atoms with E-state index < -0.39 is 0 Å². The Morgan fingerprint density at radius 2 is 1.97 bits per heavy atom. The van der Waals surface area contributed by atoms with E-state index in [-0.39, 0.29) is 0 Å². The van der Waals surface area contributed by atoms with Gasteiger partial charge in [0.05, 0.1) is 17.2 Å². The van der Waals surface area contributed by atoms with E-state index in [1.54, 1.807) is 0 Å². The number of fused-ring (bicyclic) bond motifs is 3. The molecule has 0 saturated heterocycles. The molecule has 0 atom stereocenters. The van der Waals surface area contributed by atoms with E-state index in [4.69, 9.17) is 15.5 Å². The van der Waals surface area contributed by atoms with E-state index in [9.17, 15) is 0 Å². The maximum atomic E-state index is 5.99. The second-order valence-corrected chi connectivity index (χ2v) is 7.99. The summed E-state index contributed by atoms with van der Waals surface area (Å²) in [5.41, 5.74) is 10.7. The highest BCUT2D eigenvalue weighted by molar-refractivity contribution is 6.02. The summed E-state index contributed by atoms with van der Waals surface area (Å²) in [6.07, 6.45) is 3.94. The molecule has 0 aliphatic rings. The summed E-state index contributed by atoms with van der Waals surface area (Å²) < 4.78 is 8.36. The Bertz CT molecular complexity index is 1150. The Labute approximate surface area is 171 Å². The first kappa shape index (κ1) is 19.2. The molecule has 29 heavy (non-hydrogen) atoms. The molecule has 4 rings (SSSR count). The van der Waals surface area contributed by atoms with Crippen molar-refractivity contribution in [2.24, 2.45) is 5.92 Å². The first-order chi connectivity index (χ1) is 14.0. The molecule has 2 heterocycles. The lowest BCUT2D eigenvalue weighted by atomic mass is 10.1. The van der Waals surface area contributed by atoms with Gasteiger partial charge in [-0.25, -0.2) is 4.98 Å². The summed E-state index contributed by atoms with van der Waals surface area (Å²) in [4.78, 5) is 9.53. The molecule has 0 aliphatic heterocycles. The first-order valence-corrected chi connectivity index (χ1v) is 10.3. The minimum absolute atomic E-state index is 0.477. The van der Waals surface area contributed by atoms with Gasteiger partial charge in [-0.15, -0.1) is 0 Å². The molecule has 0 unspecified atom stereocenters. The lowest BCUT2D eigenvalue weighted by molar-refractivity contribution is 0.306. The molecule has 5 nitrogen and oxygen atoms in total. The lowest BCUT2D eigenvalue weighted by Gasteiger charge is -2.13. The van der Waals surface area contributed by atoms with Gasteiger partial charge in [0, 0.05) is 30.1 Å². The van der Waals surface area contributed by atoms with Crippen LogP contribution in [0.1, 0.15) is 38.6 Å². The quantitative estimate of drug-likeness (QED) is 0.433. The van der Waals surface area contributed by atoms with Crippen LogP contribution >= 0.6 is 0 Å². The second kappa shape index (κ2) is 8.11. The molecule has 2 N–H and O–H groups in total. The summed E-state index contributed by atoms with van der Waals surface area (Å²) in [7, 11) is 0. The second-order valence-electron chi connectivity index (χ2n) is 7.99. The lowest BCUT2D eigenvalue weighted by Crippen LogP contribution is -2.08. The van der Waals surface area contributed by atoms with Gasteiger partial charge in [-0.05, 0) is 42.2 Å². The van der Waals surface area contributed by atoms with Gasteiger partial charge in [0.15, 0.2) is 0 Å². The molecular weight excluding hydrogens is 360 g/mol. The Hall–Kier alpha value is -3.08. The summed E-state index contributed by atoms with van der Waals surface area (Å²) in [6, 6.07) is 13.9. The van der Waals surface area contributed by atoms with Gasteiger partial charge in [0.2, 0.25) is 0 Å². The molecule has 2 aromatic heterocycles. The van der Waals surface area contributed by atoms with Crippen LogP contribution in [-0.2, 0) is 19.6 Å². The Balaban J connectivity index is 1.71. The number of pyridine rings is 1. The predicted octanol–water partition coefficient (Wildman–Crippen LogP) is 5.35. The molecule has 2 aromatic carbocycles. The van der Waals surface area contributed by atoms with E-state index in [1.807, 2.05) is 42.6 Å². The molecule has 5 heteroatoms. The third-order valence-corrected chi connectivity index (χ3v) is 5.00.